The Bertz CT molecular complexity index is 1200. The molecule has 1 amide bonds. The Hall–Kier alpha value is -2.84. The number of benzene rings is 2. The smallest absolute Gasteiger partial charge is 0.326 e. The summed E-state index contributed by atoms with van der Waals surface area (Å²) in [5.74, 6) is -0.237. The van der Waals surface area contributed by atoms with E-state index in [2.05, 4.69) is 20.1 Å². The molecule has 3 aromatic rings. The number of carbonyl (C=O) groups excluding carboxylic acids is 1. The summed E-state index contributed by atoms with van der Waals surface area (Å²) in [6.45, 7) is 3.50. The second-order valence-corrected chi connectivity index (χ2v) is 8.97. The van der Waals surface area contributed by atoms with Crippen molar-refractivity contribution < 1.29 is 9.18 Å². The standard InChI is InChI=1S/C23H25ClFN5O2/c24-16-2-7-20-19(14-16)27-22(32)29(20)11-1-10-28-12-8-23(9-13-28)21(31)26-15-30(23)18-5-3-17(25)4-6-18/h2-7,14H,1,8-13,15H2,(H,26,31)(H,27,32). The van der Waals surface area contributed by atoms with Crippen LogP contribution in [-0.4, -0.2) is 52.2 Å². The van der Waals surface area contributed by atoms with E-state index in [1.165, 1.54) is 12.1 Å². The van der Waals surface area contributed by atoms with Crippen LogP contribution in [0.5, 0.6) is 0 Å². The maximum atomic E-state index is 13.3. The van der Waals surface area contributed by atoms with E-state index in [0.29, 0.717) is 31.1 Å². The first-order valence-electron chi connectivity index (χ1n) is 10.9. The van der Waals surface area contributed by atoms with Gasteiger partial charge in [-0.1, -0.05) is 11.6 Å². The summed E-state index contributed by atoms with van der Waals surface area (Å²) in [6.07, 6.45) is 2.25. The van der Waals surface area contributed by atoms with Crippen molar-refractivity contribution in [1.29, 1.82) is 0 Å². The predicted octanol–water partition coefficient (Wildman–Crippen LogP) is 2.94. The fourth-order valence-electron chi connectivity index (χ4n) is 5.00. The lowest BCUT2D eigenvalue weighted by molar-refractivity contribution is -0.125. The number of amides is 1. The van der Waals surface area contributed by atoms with Gasteiger partial charge in [-0.2, -0.15) is 0 Å². The van der Waals surface area contributed by atoms with Gasteiger partial charge in [0, 0.05) is 30.3 Å². The number of piperidine rings is 1. The largest absolute Gasteiger partial charge is 0.339 e. The van der Waals surface area contributed by atoms with Gasteiger partial charge in [-0.3, -0.25) is 9.36 Å². The third-order valence-electron chi connectivity index (χ3n) is 6.75. The fraction of sp³-hybridized carbons (Fsp3) is 0.391. The van der Waals surface area contributed by atoms with Crippen LogP contribution in [0.4, 0.5) is 10.1 Å². The van der Waals surface area contributed by atoms with Crippen molar-refractivity contribution in [2.75, 3.05) is 31.2 Å². The van der Waals surface area contributed by atoms with E-state index >= 15 is 0 Å². The fourth-order valence-corrected chi connectivity index (χ4v) is 5.17. The Morgan fingerprint density at radius 2 is 1.78 bits per heavy atom. The first-order valence-corrected chi connectivity index (χ1v) is 11.3. The average Bonchev–Trinajstić information content (AvgIpc) is 3.26. The van der Waals surface area contributed by atoms with Crippen molar-refractivity contribution in [3.63, 3.8) is 0 Å². The predicted molar refractivity (Wildman–Crippen MR) is 122 cm³/mol. The highest BCUT2D eigenvalue weighted by molar-refractivity contribution is 6.31. The second kappa shape index (κ2) is 8.26. The average molecular weight is 458 g/mol. The number of likely N-dealkylation sites (tertiary alicyclic amines) is 1. The minimum Gasteiger partial charge on any atom is -0.339 e. The van der Waals surface area contributed by atoms with Gasteiger partial charge in [-0.05, 0) is 68.3 Å². The van der Waals surface area contributed by atoms with Crippen LogP contribution in [0.2, 0.25) is 5.02 Å². The molecule has 32 heavy (non-hydrogen) atoms. The lowest BCUT2D eigenvalue weighted by Crippen LogP contribution is -2.56. The zero-order valence-electron chi connectivity index (χ0n) is 17.6. The van der Waals surface area contributed by atoms with Crippen LogP contribution < -0.4 is 15.9 Å². The SMILES string of the molecule is O=C1NCN(c2ccc(F)cc2)C12CCN(CCCn1c(=O)[nH]c3cc(Cl)ccc31)CC2. The van der Waals surface area contributed by atoms with E-state index in [-0.39, 0.29) is 17.4 Å². The van der Waals surface area contributed by atoms with Crippen molar-refractivity contribution in [3.05, 3.63) is 63.8 Å². The molecule has 1 aromatic heterocycles. The molecular weight excluding hydrogens is 433 g/mol. The molecule has 7 nitrogen and oxygen atoms in total. The maximum absolute atomic E-state index is 13.3. The van der Waals surface area contributed by atoms with Gasteiger partial charge in [-0.25, -0.2) is 9.18 Å². The molecule has 1 spiro atoms. The van der Waals surface area contributed by atoms with Crippen LogP contribution >= 0.6 is 11.6 Å². The monoisotopic (exact) mass is 457 g/mol. The molecule has 2 aliphatic heterocycles. The molecule has 0 bridgehead atoms. The van der Waals surface area contributed by atoms with Gasteiger partial charge in [0.05, 0.1) is 17.7 Å². The van der Waals surface area contributed by atoms with Crippen molar-refractivity contribution in [2.45, 2.75) is 31.3 Å². The van der Waals surface area contributed by atoms with Crippen LogP contribution in [0, 0.1) is 5.82 Å². The van der Waals surface area contributed by atoms with Gasteiger partial charge in [0.15, 0.2) is 0 Å². The third kappa shape index (κ3) is 3.67. The number of imidazole rings is 1. The van der Waals surface area contributed by atoms with E-state index in [1.54, 1.807) is 28.8 Å². The Balaban J connectivity index is 1.21. The lowest BCUT2D eigenvalue weighted by atomic mass is 9.85. The molecule has 2 fully saturated rings. The summed E-state index contributed by atoms with van der Waals surface area (Å²) in [5.41, 5.74) is 1.75. The van der Waals surface area contributed by atoms with E-state index in [1.807, 2.05) is 6.07 Å². The number of halogens is 2. The molecule has 5 rings (SSSR count). The Morgan fingerprint density at radius 3 is 2.53 bits per heavy atom. The summed E-state index contributed by atoms with van der Waals surface area (Å²) >= 11 is 6.02. The number of aromatic nitrogens is 2. The summed E-state index contributed by atoms with van der Waals surface area (Å²) < 4.78 is 15.1. The number of rotatable bonds is 5. The summed E-state index contributed by atoms with van der Waals surface area (Å²) in [6, 6.07) is 11.7. The van der Waals surface area contributed by atoms with Gasteiger partial charge in [0.25, 0.3) is 0 Å². The molecule has 168 valence electrons. The number of carbonyl (C=O) groups is 1. The number of H-pyrrole nitrogens is 1. The number of fused-ring (bicyclic) bond motifs is 1. The number of nitrogens with one attached hydrogen (secondary N) is 2. The van der Waals surface area contributed by atoms with E-state index in [0.717, 1.165) is 42.8 Å². The van der Waals surface area contributed by atoms with Crippen LogP contribution in [0.15, 0.2) is 47.3 Å². The van der Waals surface area contributed by atoms with Crippen LogP contribution in [0.3, 0.4) is 0 Å². The van der Waals surface area contributed by atoms with Crippen LogP contribution in [0.1, 0.15) is 19.3 Å². The van der Waals surface area contributed by atoms with Crippen molar-refractivity contribution in [3.8, 4) is 0 Å². The van der Waals surface area contributed by atoms with Crippen LogP contribution in [-0.2, 0) is 11.3 Å². The second-order valence-electron chi connectivity index (χ2n) is 8.54. The molecular formula is C23H25ClFN5O2. The topological polar surface area (TPSA) is 73.4 Å². The first-order chi connectivity index (χ1) is 15.5. The van der Waals surface area contributed by atoms with E-state index < -0.39 is 5.54 Å². The highest BCUT2D eigenvalue weighted by Gasteiger charge is 2.50. The number of nitrogens with zero attached hydrogens (tertiary/aromatic N) is 3. The molecule has 9 heteroatoms. The highest BCUT2D eigenvalue weighted by atomic mass is 35.5. The summed E-state index contributed by atoms with van der Waals surface area (Å²) in [7, 11) is 0. The Kier molecular flexibility index (Phi) is 5.43. The molecule has 0 atom stereocenters. The normalized spacial score (nSPS) is 18.6. The van der Waals surface area contributed by atoms with Gasteiger partial charge in [0.2, 0.25) is 5.91 Å². The number of aryl methyl sites for hydroxylation is 1. The quantitative estimate of drug-likeness (QED) is 0.618. The summed E-state index contributed by atoms with van der Waals surface area (Å²) in [5, 5.41) is 3.57. The first kappa shape index (κ1) is 21.0. The van der Waals surface area contributed by atoms with E-state index in [4.69, 9.17) is 11.6 Å². The molecule has 0 aliphatic carbocycles. The van der Waals surface area contributed by atoms with Gasteiger partial charge >= 0.3 is 5.69 Å². The molecule has 2 N–H and O–H groups in total. The molecule has 0 radical (unpaired) electrons. The van der Waals surface area contributed by atoms with Crippen molar-refractivity contribution in [1.82, 2.24) is 19.8 Å². The molecule has 2 aromatic carbocycles. The number of aromatic amines is 1. The van der Waals surface area contributed by atoms with Crippen molar-refractivity contribution in [2.24, 2.45) is 0 Å². The maximum Gasteiger partial charge on any atom is 0.326 e. The zero-order valence-corrected chi connectivity index (χ0v) is 18.4. The highest BCUT2D eigenvalue weighted by Crippen LogP contribution is 2.36. The Morgan fingerprint density at radius 1 is 1.03 bits per heavy atom. The number of hydrogen-bond donors (Lipinski definition) is 2. The number of hydrogen-bond acceptors (Lipinski definition) is 4. The van der Waals surface area contributed by atoms with Crippen LogP contribution in [0.25, 0.3) is 11.0 Å². The zero-order chi connectivity index (χ0) is 22.3. The molecule has 3 heterocycles. The summed E-state index contributed by atoms with van der Waals surface area (Å²) in [4.78, 5) is 32.3. The van der Waals surface area contributed by atoms with E-state index in [9.17, 15) is 14.0 Å². The lowest BCUT2D eigenvalue weighted by Gasteiger charge is -2.43. The molecule has 0 saturated carbocycles. The Labute approximate surface area is 189 Å². The minimum atomic E-state index is -0.582. The third-order valence-corrected chi connectivity index (χ3v) is 6.99. The van der Waals surface area contributed by atoms with Gasteiger partial charge in [0.1, 0.15) is 11.4 Å². The van der Waals surface area contributed by atoms with Crippen molar-refractivity contribution >= 4 is 34.2 Å². The van der Waals surface area contributed by atoms with Gasteiger partial charge < -0.3 is 20.1 Å². The molecule has 2 saturated heterocycles. The minimum absolute atomic E-state index is 0.0467. The number of anilines is 1. The molecule has 2 aliphatic rings. The molecule has 0 unspecified atom stereocenters. The van der Waals surface area contributed by atoms with Gasteiger partial charge in [-0.15, -0.1) is 0 Å².